The molecular weight excluding hydrogens is 332 g/mol. The number of methoxy groups -OCH3 is 3. The summed E-state index contributed by atoms with van der Waals surface area (Å²) < 4.78 is 15.3. The fourth-order valence-electron chi connectivity index (χ4n) is 4.09. The van der Waals surface area contributed by atoms with Gasteiger partial charge in [0.1, 0.15) is 5.75 Å². The molecule has 1 aliphatic carbocycles. The third-order valence-electron chi connectivity index (χ3n) is 5.66. The van der Waals surface area contributed by atoms with Crippen LogP contribution in [0.1, 0.15) is 36.8 Å². The van der Waals surface area contributed by atoms with Gasteiger partial charge in [-0.2, -0.15) is 0 Å². The second kappa shape index (κ2) is 6.98. The van der Waals surface area contributed by atoms with Crippen LogP contribution in [0.4, 0.5) is 0 Å². The topological polar surface area (TPSA) is 61.8 Å². The molecule has 0 fully saturated rings. The van der Waals surface area contributed by atoms with Crippen molar-refractivity contribution < 1.29 is 23.8 Å². The SMILES string of the molecule is COC(=O)C[C@@H]1c2ccc3cc(OC)ccc3c2CC[C@]1(C)C(=O)OC. The average Bonchev–Trinajstić information content (AvgIpc) is 2.68. The third kappa shape index (κ3) is 2.91. The Morgan fingerprint density at radius 3 is 2.54 bits per heavy atom. The number of rotatable bonds is 4. The van der Waals surface area contributed by atoms with Crippen LogP contribution >= 0.6 is 0 Å². The Morgan fingerprint density at radius 2 is 1.88 bits per heavy atom. The molecule has 1 aliphatic rings. The molecule has 2 aromatic rings. The van der Waals surface area contributed by atoms with Gasteiger partial charge in [0, 0.05) is 5.92 Å². The lowest BCUT2D eigenvalue weighted by Crippen LogP contribution is -2.40. The number of aryl methyl sites for hydroxylation is 1. The third-order valence-corrected chi connectivity index (χ3v) is 5.66. The van der Waals surface area contributed by atoms with E-state index in [1.807, 2.05) is 37.3 Å². The van der Waals surface area contributed by atoms with Gasteiger partial charge in [-0.25, -0.2) is 0 Å². The van der Waals surface area contributed by atoms with E-state index in [2.05, 4.69) is 0 Å². The van der Waals surface area contributed by atoms with Crippen LogP contribution in [0.2, 0.25) is 0 Å². The van der Waals surface area contributed by atoms with Gasteiger partial charge in [-0.15, -0.1) is 0 Å². The number of hydrogen-bond acceptors (Lipinski definition) is 5. The van der Waals surface area contributed by atoms with E-state index in [4.69, 9.17) is 14.2 Å². The van der Waals surface area contributed by atoms with Crippen LogP contribution in [0.25, 0.3) is 10.8 Å². The fraction of sp³-hybridized carbons (Fsp3) is 0.429. The fourth-order valence-corrected chi connectivity index (χ4v) is 4.09. The molecular formula is C21H24O5. The summed E-state index contributed by atoms with van der Waals surface area (Å²) in [6.07, 6.45) is 1.53. The lowest BCUT2D eigenvalue weighted by molar-refractivity contribution is -0.155. The normalized spacial score (nSPS) is 21.8. The molecule has 0 aliphatic heterocycles. The largest absolute Gasteiger partial charge is 0.497 e. The molecule has 0 heterocycles. The Kier molecular flexibility index (Phi) is 4.90. The van der Waals surface area contributed by atoms with Crippen LogP contribution in [0.15, 0.2) is 30.3 Å². The summed E-state index contributed by atoms with van der Waals surface area (Å²) in [5, 5.41) is 2.21. The number of fused-ring (bicyclic) bond motifs is 3. The Morgan fingerprint density at radius 1 is 1.12 bits per heavy atom. The molecule has 0 bridgehead atoms. The highest BCUT2D eigenvalue weighted by molar-refractivity contribution is 5.90. The summed E-state index contributed by atoms with van der Waals surface area (Å²) >= 11 is 0. The zero-order valence-corrected chi connectivity index (χ0v) is 15.6. The maximum absolute atomic E-state index is 12.5. The summed E-state index contributed by atoms with van der Waals surface area (Å²) in [4.78, 5) is 24.6. The monoisotopic (exact) mass is 356 g/mol. The second-order valence-electron chi connectivity index (χ2n) is 6.96. The van der Waals surface area contributed by atoms with Crippen molar-refractivity contribution in [3.63, 3.8) is 0 Å². The smallest absolute Gasteiger partial charge is 0.312 e. The van der Waals surface area contributed by atoms with Crippen molar-refractivity contribution in [2.24, 2.45) is 5.41 Å². The van der Waals surface area contributed by atoms with Gasteiger partial charge in [0.05, 0.1) is 33.2 Å². The van der Waals surface area contributed by atoms with Gasteiger partial charge in [0.2, 0.25) is 0 Å². The molecule has 0 spiro atoms. The first-order valence-electron chi connectivity index (χ1n) is 8.69. The number of ether oxygens (including phenoxy) is 3. The van der Waals surface area contributed by atoms with E-state index in [1.165, 1.54) is 19.8 Å². The average molecular weight is 356 g/mol. The van der Waals surface area contributed by atoms with E-state index in [9.17, 15) is 9.59 Å². The highest BCUT2D eigenvalue weighted by Crippen LogP contribution is 2.49. The van der Waals surface area contributed by atoms with Gasteiger partial charge in [-0.1, -0.05) is 18.2 Å². The van der Waals surface area contributed by atoms with Crippen molar-refractivity contribution in [3.05, 3.63) is 41.5 Å². The summed E-state index contributed by atoms with van der Waals surface area (Å²) in [5.74, 6) is -0.0869. The zero-order chi connectivity index (χ0) is 18.9. The Balaban J connectivity index is 2.16. The molecule has 0 unspecified atom stereocenters. The summed E-state index contributed by atoms with van der Waals surface area (Å²) in [6, 6.07) is 10.0. The number of esters is 2. The summed E-state index contributed by atoms with van der Waals surface area (Å²) in [6.45, 7) is 1.88. The quantitative estimate of drug-likeness (QED) is 0.783. The Bertz CT molecular complexity index is 857. The van der Waals surface area contributed by atoms with Gasteiger partial charge >= 0.3 is 11.9 Å². The van der Waals surface area contributed by atoms with Crippen molar-refractivity contribution in [3.8, 4) is 5.75 Å². The van der Waals surface area contributed by atoms with Gasteiger partial charge in [-0.05, 0) is 53.8 Å². The van der Waals surface area contributed by atoms with Crippen molar-refractivity contribution in [2.75, 3.05) is 21.3 Å². The molecule has 0 amide bonds. The van der Waals surface area contributed by atoms with Crippen LogP contribution in [0.3, 0.4) is 0 Å². The molecule has 0 N–H and O–H groups in total. The lowest BCUT2D eigenvalue weighted by Gasteiger charge is -2.40. The van der Waals surface area contributed by atoms with Crippen LogP contribution in [0.5, 0.6) is 5.75 Å². The van der Waals surface area contributed by atoms with Crippen LogP contribution < -0.4 is 4.74 Å². The minimum Gasteiger partial charge on any atom is -0.497 e. The maximum Gasteiger partial charge on any atom is 0.312 e. The van der Waals surface area contributed by atoms with E-state index in [0.29, 0.717) is 6.42 Å². The van der Waals surface area contributed by atoms with Crippen molar-refractivity contribution in [2.45, 2.75) is 32.1 Å². The zero-order valence-electron chi connectivity index (χ0n) is 15.6. The minimum absolute atomic E-state index is 0.150. The number of hydrogen-bond donors (Lipinski definition) is 0. The predicted molar refractivity (Wildman–Crippen MR) is 98.3 cm³/mol. The van der Waals surface area contributed by atoms with Gasteiger partial charge in [0.15, 0.2) is 0 Å². The van der Waals surface area contributed by atoms with E-state index in [0.717, 1.165) is 28.5 Å². The molecule has 3 rings (SSSR count). The molecule has 2 aromatic carbocycles. The van der Waals surface area contributed by atoms with Gasteiger partial charge in [0.25, 0.3) is 0 Å². The van der Waals surface area contributed by atoms with Crippen LogP contribution in [0, 0.1) is 5.41 Å². The number of carbonyl (C=O) groups is 2. The van der Waals surface area contributed by atoms with E-state index in [-0.39, 0.29) is 24.3 Å². The Labute approximate surface area is 153 Å². The molecule has 2 atom stereocenters. The Hall–Kier alpha value is -2.56. The predicted octanol–water partition coefficient (Wildman–Crippen LogP) is 3.62. The van der Waals surface area contributed by atoms with E-state index in [1.54, 1.807) is 7.11 Å². The first kappa shape index (κ1) is 18.2. The molecule has 5 heteroatoms. The second-order valence-corrected chi connectivity index (χ2v) is 6.96. The minimum atomic E-state index is -0.754. The first-order chi connectivity index (χ1) is 12.4. The number of carbonyl (C=O) groups excluding carboxylic acids is 2. The molecule has 0 saturated carbocycles. The summed E-state index contributed by atoms with van der Waals surface area (Å²) in [5.41, 5.74) is 1.45. The van der Waals surface area contributed by atoms with Gasteiger partial charge < -0.3 is 14.2 Å². The molecule has 0 radical (unpaired) electrons. The van der Waals surface area contributed by atoms with Crippen molar-refractivity contribution >= 4 is 22.7 Å². The standard InChI is InChI=1S/C21H24O5/c1-21(20(23)26-4)10-9-16-15-8-6-14(24-2)11-13(15)5-7-17(16)18(21)12-19(22)25-3/h5-8,11,18H,9-10,12H2,1-4H3/t18-,21+/m1/s1. The molecule has 138 valence electrons. The highest BCUT2D eigenvalue weighted by Gasteiger charge is 2.47. The molecule has 0 saturated heterocycles. The lowest BCUT2D eigenvalue weighted by atomic mass is 9.63. The van der Waals surface area contributed by atoms with Crippen molar-refractivity contribution in [1.82, 2.24) is 0 Å². The van der Waals surface area contributed by atoms with Gasteiger partial charge in [-0.3, -0.25) is 9.59 Å². The van der Waals surface area contributed by atoms with Crippen LogP contribution in [-0.4, -0.2) is 33.3 Å². The summed E-state index contributed by atoms with van der Waals surface area (Å²) in [7, 11) is 4.41. The van der Waals surface area contributed by atoms with Crippen LogP contribution in [-0.2, 0) is 25.5 Å². The molecule has 0 aromatic heterocycles. The van der Waals surface area contributed by atoms with E-state index < -0.39 is 5.41 Å². The first-order valence-corrected chi connectivity index (χ1v) is 8.69. The highest BCUT2D eigenvalue weighted by atomic mass is 16.5. The maximum atomic E-state index is 12.5. The molecule has 26 heavy (non-hydrogen) atoms. The number of benzene rings is 2. The molecule has 5 nitrogen and oxygen atoms in total. The van der Waals surface area contributed by atoms with Crippen molar-refractivity contribution in [1.29, 1.82) is 0 Å². The van der Waals surface area contributed by atoms with E-state index >= 15 is 0 Å².